The van der Waals surface area contributed by atoms with Crippen molar-refractivity contribution in [3.8, 4) is 5.88 Å². The second-order valence-corrected chi connectivity index (χ2v) is 6.49. The van der Waals surface area contributed by atoms with Crippen LogP contribution < -0.4 is 10.1 Å². The Hall–Kier alpha value is -2.59. The van der Waals surface area contributed by atoms with Gasteiger partial charge in [0, 0.05) is 30.9 Å². The summed E-state index contributed by atoms with van der Waals surface area (Å²) in [6, 6.07) is 1.96. The molecule has 1 fully saturated rings. The van der Waals surface area contributed by atoms with E-state index in [0.717, 1.165) is 29.9 Å². The maximum absolute atomic E-state index is 12.4. The fourth-order valence-corrected chi connectivity index (χ4v) is 3.01. The standard InChI is InChI=1S/C17H25N7O3/c1-12-8-13(2)19-17(26-3)14(12)9-18-16(25)11-24-15(20-21-22-24)10-23-4-6-27-7-5-23/h8H,4-7,9-11H2,1-3H3,(H,18,25). The maximum Gasteiger partial charge on any atom is 0.242 e. The molecule has 0 unspecified atom stereocenters. The Balaban J connectivity index is 1.58. The highest BCUT2D eigenvalue weighted by molar-refractivity contribution is 5.75. The molecule has 1 saturated heterocycles. The molecule has 0 radical (unpaired) electrons. The minimum Gasteiger partial charge on any atom is -0.481 e. The molecule has 0 spiro atoms. The van der Waals surface area contributed by atoms with Gasteiger partial charge in [-0.05, 0) is 35.9 Å². The number of morpholine rings is 1. The minimum absolute atomic E-state index is 0.0628. The van der Waals surface area contributed by atoms with Gasteiger partial charge in [-0.3, -0.25) is 9.69 Å². The molecule has 0 atom stereocenters. The minimum atomic E-state index is -0.174. The zero-order valence-corrected chi connectivity index (χ0v) is 15.9. The van der Waals surface area contributed by atoms with Crippen molar-refractivity contribution in [2.75, 3.05) is 33.4 Å². The molecule has 27 heavy (non-hydrogen) atoms. The number of aromatic nitrogens is 5. The molecule has 10 nitrogen and oxygen atoms in total. The van der Waals surface area contributed by atoms with Crippen molar-refractivity contribution in [1.82, 2.24) is 35.4 Å². The Labute approximate surface area is 157 Å². The van der Waals surface area contributed by atoms with Gasteiger partial charge in [-0.15, -0.1) is 5.10 Å². The van der Waals surface area contributed by atoms with Crippen LogP contribution in [0.25, 0.3) is 0 Å². The van der Waals surface area contributed by atoms with Crippen LogP contribution in [0.1, 0.15) is 22.6 Å². The van der Waals surface area contributed by atoms with E-state index in [1.165, 1.54) is 4.68 Å². The van der Waals surface area contributed by atoms with E-state index in [9.17, 15) is 4.79 Å². The van der Waals surface area contributed by atoms with Crippen molar-refractivity contribution < 1.29 is 14.3 Å². The molecule has 1 N–H and O–H groups in total. The predicted octanol–water partition coefficient (Wildman–Crippen LogP) is -0.158. The van der Waals surface area contributed by atoms with E-state index < -0.39 is 0 Å². The Kier molecular flexibility index (Phi) is 6.30. The fraction of sp³-hybridized carbons (Fsp3) is 0.588. The van der Waals surface area contributed by atoms with Crippen molar-refractivity contribution in [3.63, 3.8) is 0 Å². The zero-order chi connectivity index (χ0) is 19.2. The molecule has 0 bridgehead atoms. The number of pyridine rings is 1. The molecule has 146 valence electrons. The quantitative estimate of drug-likeness (QED) is 0.711. The monoisotopic (exact) mass is 375 g/mol. The lowest BCUT2D eigenvalue weighted by atomic mass is 10.1. The van der Waals surface area contributed by atoms with Gasteiger partial charge in [-0.25, -0.2) is 9.67 Å². The molecule has 3 rings (SSSR count). The number of ether oxygens (including phenoxy) is 2. The fourth-order valence-electron chi connectivity index (χ4n) is 3.01. The van der Waals surface area contributed by atoms with Gasteiger partial charge in [-0.1, -0.05) is 0 Å². The lowest BCUT2D eigenvalue weighted by Crippen LogP contribution is -2.37. The number of tetrazole rings is 1. The first-order chi connectivity index (χ1) is 13.1. The second-order valence-electron chi connectivity index (χ2n) is 6.49. The van der Waals surface area contributed by atoms with Crippen LogP contribution in [0.5, 0.6) is 5.88 Å². The van der Waals surface area contributed by atoms with Gasteiger partial charge in [0.1, 0.15) is 6.54 Å². The van der Waals surface area contributed by atoms with Crippen LogP contribution in [0, 0.1) is 13.8 Å². The third kappa shape index (κ3) is 4.98. The van der Waals surface area contributed by atoms with E-state index in [2.05, 4.69) is 30.7 Å². The SMILES string of the molecule is COc1nc(C)cc(C)c1CNC(=O)Cn1nnnc1CN1CCOCC1. The zero-order valence-electron chi connectivity index (χ0n) is 15.9. The third-order valence-corrected chi connectivity index (χ3v) is 4.46. The van der Waals surface area contributed by atoms with Crippen LogP contribution in [-0.2, 0) is 29.2 Å². The Bertz CT molecular complexity index is 787. The van der Waals surface area contributed by atoms with Crippen molar-refractivity contribution in [3.05, 3.63) is 28.7 Å². The van der Waals surface area contributed by atoms with Crippen molar-refractivity contribution in [1.29, 1.82) is 0 Å². The highest BCUT2D eigenvalue weighted by Crippen LogP contribution is 2.20. The summed E-state index contributed by atoms with van der Waals surface area (Å²) in [6.07, 6.45) is 0. The van der Waals surface area contributed by atoms with E-state index in [4.69, 9.17) is 9.47 Å². The maximum atomic E-state index is 12.4. The predicted molar refractivity (Wildman–Crippen MR) is 96.0 cm³/mol. The molecule has 1 aliphatic rings. The molecular formula is C17H25N7O3. The van der Waals surface area contributed by atoms with Crippen LogP contribution in [-0.4, -0.2) is 69.4 Å². The van der Waals surface area contributed by atoms with Crippen LogP contribution in [0.15, 0.2) is 6.07 Å². The average Bonchev–Trinajstić information content (AvgIpc) is 3.07. The smallest absolute Gasteiger partial charge is 0.242 e. The topological polar surface area (TPSA) is 107 Å². The molecule has 2 aromatic heterocycles. The first-order valence-electron chi connectivity index (χ1n) is 8.89. The van der Waals surface area contributed by atoms with Crippen LogP contribution in [0.3, 0.4) is 0 Å². The van der Waals surface area contributed by atoms with Gasteiger partial charge in [-0.2, -0.15) is 0 Å². The van der Waals surface area contributed by atoms with Gasteiger partial charge >= 0.3 is 0 Å². The number of amides is 1. The number of nitrogens with zero attached hydrogens (tertiary/aromatic N) is 6. The summed E-state index contributed by atoms with van der Waals surface area (Å²) < 4.78 is 12.2. The highest BCUT2D eigenvalue weighted by Gasteiger charge is 2.17. The van der Waals surface area contributed by atoms with E-state index in [0.29, 0.717) is 38.0 Å². The molecule has 1 amide bonds. The van der Waals surface area contributed by atoms with Gasteiger partial charge in [0.15, 0.2) is 5.82 Å². The Morgan fingerprint density at radius 3 is 2.85 bits per heavy atom. The number of hydrogen-bond donors (Lipinski definition) is 1. The molecule has 0 aromatic carbocycles. The Morgan fingerprint density at radius 1 is 1.33 bits per heavy atom. The lowest BCUT2D eigenvalue weighted by Gasteiger charge is -2.25. The van der Waals surface area contributed by atoms with E-state index in [1.54, 1.807) is 7.11 Å². The summed E-state index contributed by atoms with van der Waals surface area (Å²) in [5.74, 6) is 1.02. The largest absolute Gasteiger partial charge is 0.481 e. The number of nitrogens with one attached hydrogen (secondary N) is 1. The van der Waals surface area contributed by atoms with Crippen LogP contribution in [0.4, 0.5) is 0 Å². The Morgan fingerprint density at radius 2 is 2.11 bits per heavy atom. The summed E-state index contributed by atoms with van der Waals surface area (Å²) in [7, 11) is 1.57. The number of carbonyl (C=O) groups excluding carboxylic acids is 1. The summed E-state index contributed by atoms with van der Waals surface area (Å²) in [6.45, 7) is 7.94. The molecule has 2 aromatic rings. The molecule has 0 aliphatic carbocycles. The van der Waals surface area contributed by atoms with Crippen molar-refractivity contribution >= 4 is 5.91 Å². The van der Waals surface area contributed by atoms with Gasteiger partial charge in [0.2, 0.25) is 11.8 Å². The van der Waals surface area contributed by atoms with Crippen molar-refractivity contribution in [2.45, 2.75) is 33.5 Å². The summed E-state index contributed by atoms with van der Waals surface area (Å²) in [4.78, 5) is 18.9. The first-order valence-corrected chi connectivity index (χ1v) is 8.89. The van der Waals surface area contributed by atoms with Crippen molar-refractivity contribution in [2.24, 2.45) is 0 Å². The summed E-state index contributed by atoms with van der Waals surface area (Å²) >= 11 is 0. The van der Waals surface area contributed by atoms with Gasteiger partial charge in [0.25, 0.3) is 0 Å². The molecule has 1 aliphatic heterocycles. The second kappa shape index (κ2) is 8.87. The van der Waals surface area contributed by atoms with E-state index >= 15 is 0 Å². The normalized spacial score (nSPS) is 14.9. The highest BCUT2D eigenvalue weighted by atomic mass is 16.5. The summed E-state index contributed by atoms with van der Waals surface area (Å²) in [5, 5.41) is 14.6. The average molecular weight is 375 g/mol. The number of methoxy groups -OCH3 is 1. The van der Waals surface area contributed by atoms with E-state index in [-0.39, 0.29) is 12.5 Å². The van der Waals surface area contributed by atoms with Gasteiger partial charge < -0.3 is 14.8 Å². The summed E-state index contributed by atoms with van der Waals surface area (Å²) in [5.41, 5.74) is 2.76. The number of hydrogen-bond acceptors (Lipinski definition) is 8. The molecule has 10 heteroatoms. The number of aryl methyl sites for hydroxylation is 2. The molecular weight excluding hydrogens is 350 g/mol. The van der Waals surface area contributed by atoms with E-state index in [1.807, 2.05) is 19.9 Å². The lowest BCUT2D eigenvalue weighted by molar-refractivity contribution is -0.122. The molecule has 3 heterocycles. The molecule has 0 saturated carbocycles. The third-order valence-electron chi connectivity index (χ3n) is 4.46. The number of carbonyl (C=O) groups is 1. The van der Waals surface area contributed by atoms with Crippen LogP contribution in [0.2, 0.25) is 0 Å². The number of rotatable bonds is 7. The van der Waals surface area contributed by atoms with Crippen LogP contribution >= 0.6 is 0 Å². The first kappa shape index (κ1) is 19.2. The van der Waals surface area contributed by atoms with Gasteiger partial charge in [0.05, 0.1) is 26.9 Å².